The van der Waals surface area contributed by atoms with Crippen LogP contribution in [0.3, 0.4) is 0 Å². The fraction of sp³-hybridized carbons (Fsp3) is 0.643. The predicted molar refractivity (Wildman–Crippen MR) is 73.6 cm³/mol. The van der Waals surface area contributed by atoms with Crippen LogP contribution < -0.4 is 5.32 Å². The highest BCUT2D eigenvalue weighted by atomic mass is 16.5. The van der Waals surface area contributed by atoms with Crippen molar-refractivity contribution in [2.45, 2.75) is 37.7 Å². The molecule has 0 aliphatic carbocycles. The summed E-state index contributed by atoms with van der Waals surface area (Å²) in [7, 11) is 0. The standard InChI is InChI=1S/C14H19N5O/c1-3-10(9-15-6-1)11-5-7-16-14-17-13(18-19(11)14)12-4-2-8-20-12/h5,7,10,12,15H,1-4,6,8-9H2. The molecule has 1 N–H and O–H groups in total. The summed E-state index contributed by atoms with van der Waals surface area (Å²) in [6.45, 7) is 2.94. The molecule has 4 rings (SSSR count). The molecule has 6 heteroatoms. The molecule has 2 aromatic rings. The quantitative estimate of drug-likeness (QED) is 0.897. The monoisotopic (exact) mass is 273 g/mol. The van der Waals surface area contributed by atoms with Crippen molar-refractivity contribution in [2.24, 2.45) is 0 Å². The van der Waals surface area contributed by atoms with Gasteiger partial charge in [-0.1, -0.05) is 0 Å². The van der Waals surface area contributed by atoms with Crippen molar-refractivity contribution in [3.8, 4) is 0 Å². The zero-order valence-electron chi connectivity index (χ0n) is 11.5. The summed E-state index contributed by atoms with van der Waals surface area (Å²) in [5.41, 5.74) is 1.21. The van der Waals surface area contributed by atoms with Crippen molar-refractivity contribution in [3.63, 3.8) is 0 Å². The number of nitrogens with zero attached hydrogens (tertiary/aromatic N) is 4. The van der Waals surface area contributed by atoms with Crippen molar-refractivity contribution in [1.29, 1.82) is 0 Å². The van der Waals surface area contributed by atoms with Crippen LogP contribution in [0, 0.1) is 0 Å². The van der Waals surface area contributed by atoms with Crippen LogP contribution in [-0.2, 0) is 4.74 Å². The molecule has 20 heavy (non-hydrogen) atoms. The Morgan fingerprint density at radius 1 is 1.30 bits per heavy atom. The van der Waals surface area contributed by atoms with E-state index in [9.17, 15) is 0 Å². The summed E-state index contributed by atoms with van der Waals surface area (Å²) >= 11 is 0. The lowest BCUT2D eigenvalue weighted by molar-refractivity contribution is 0.105. The highest BCUT2D eigenvalue weighted by Crippen LogP contribution is 2.28. The smallest absolute Gasteiger partial charge is 0.252 e. The van der Waals surface area contributed by atoms with Crippen LogP contribution in [0.15, 0.2) is 12.3 Å². The first-order chi connectivity index (χ1) is 9.92. The molecular formula is C14H19N5O. The molecule has 2 fully saturated rings. The summed E-state index contributed by atoms with van der Waals surface area (Å²) < 4.78 is 7.59. The minimum absolute atomic E-state index is 0.0500. The first-order valence-corrected chi connectivity index (χ1v) is 7.46. The second-order valence-corrected chi connectivity index (χ2v) is 5.60. The van der Waals surface area contributed by atoms with E-state index in [1.165, 1.54) is 18.5 Å². The maximum atomic E-state index is 5.68. The van der Waals surface area contributed by atoms with Gasteiger partial charge in [-0.25, -0.2) is 9.50 Å². The van der Waals surface area contributed by atoms with Gasteiger partial charge in [0.1, 0.15) is 6.10 Å². The van der Waals surface area contributed by atoms with Crippen molar-refractivity contribution < 1.29 is 4.74 Å². The van der Waals surface area contributed by atoms with E-state index >= 15 is 0 Å². The second kappa shape index (κ2) is 5.10. The third-order valence-electron chi connectivity index (χ3n) is 4.22. The summed E-state index contributed by atoms with van der Waals surface area (Å²) in [5, 5.41) is 8.11. The van der Waals surface area contributed by atoms with Gasteiger partial charge in [-0.3, -0.25) is 0 Å². The molecule has 2 unspecified atom stereocenters. The lowest BCUT2D eigenvalue weighted by atomic mass is 9.96. The largest absolute Gasteiger partial charge is 0.370 e. The van der Waals surface area contributed by atoms with Gasteiger partial charge in [0.25, 0.3) is 5.78 Å². The topological polar surface area (TPSA) is 64.3 Å². The molecule has 0 radical (unpaired) electrons. The Balaban J connectivity index is 1.73. The second-order valence-electron chi connectivity index (χ2n) is 5.60. The van der Waals surface area contributed by atoms with Gasteiger partial charge in [0.05, 0.1) is 5.69 Å². The van der Waals surface area contributed by atoms with Crippen molar-refractivity contribution in [3.05, 3.63) is 23.8 Å². The van der Waals surface area contributed by atoms with Crippen LogP contribution in [0.25, 0.3) is 5.78 Å². The number of hydrogen-bond acceptors (Lipinski definition) is 5. The maximum Gasteiger partial charge on any atom is 0.252 e. The molecule has 2 aliphatic rings. The van der Waals surface area contributed by atoms with E-state index in [0.717, 1.165) is 38.4 Å². The molecule has 0 spiro atoms. The molecule has 0 bridgehead atoms. The van der Waals surface area contributed by atoms with Gasteiger partial charge in [0, 0.05) is 25.3 Å². The molecule has 2 saturated heterocycles. The maximum absolute atomic E-state index is 5.68. The number of nitrogens with one attached hydrogen (secondary N) is 1. The zero-order chi connectivity index (χ0) is 13.4. The average molecular weight is 273 g/mol. The molecule has 6 nitrogen and oxygen atoms in total. The van der Waals surface area contributed by atoms with Gasteiger partial charge in [0.2, 0.25) is 0 Å². The molecule has 4 heterocycles. The third-order valence-corrected chi connectivity index (χ3v) is 4.22. The average Bonchev–Trinajstić information content (AvgIpc) is 3.16. The molecule has 0 amide bonds. The zero-order valence-corrected chi connectivity index (χ0v) is 11.5. The number of fused-ring (bicyclic) bond motifs is 1. The fourth-order valence-corrected chi connectivity index (χ4v) is 3.16. The van der Waals surface area contributed by atoms with E-state index in [2.05, 4.69) is 26.4 Å². The first kappa shape index (κ1) is 12.2. The molecular weight excluding hydrogens is 254 g/mol. The van der Waals surface area contributed by atoms with E-state index in [0.29, 0.717) is 11.7 Å². The first-order valence-electron chi connectivity index (χ1n) is 7.46. The van der Waals surface area contributed by atoms with E-state index in [1.54, 1.807) is 0 Å². The number of rotatable bonds is 2. The van der Waals surface area contributed by atoms with Crippen LogP contribution in [0.5, 0.6) is 0 Å². The van der Waals surface area contributed by atoms with Gasteiger partial charge in [-0.15, -0.1) is 5.10 Å². The minimum atomic E-state index is 0.0500. The minimum Gasteiger partial charge on any atom is -0.370 e. The molecule has 2 atom stereocenters. The third kappa shape index (κ3) is 2.09. The van der Waals surface area contributed by atoms with E-state index in [4.69, 9.17) is 4.74 Å². The van der Waals surface area contributed by atoms with Crippen LogP contribution in [0.1, 0.15) is 49.2 Å². The van der Waals surface area contributed by atoms with Gasteiger partial charge in [-0.05, 0) is 38.3 Å². The molecule has 2 aromatic heterocycles. The molecule has 106 valence electrons. The molecule has 0 aromatic carbocycles. The lowest BCUT2D eigenvalue weighted by Gasteiger charge is -2.22. The Bertz CT molecular complexity index is 599. The summed E-state index contributed by atoms with van der Waals surface area (Å²) in [6.07, 6.45) is 6.40. The SMILES string of the molecule is c1cc(C2CCCNC2)n2nc(C3CCCO3)nc2n1. The predicted octanol–water partition coefficient (Wildman–Crippen LogP) is 1.44. The Morgan fingerprint density at radius 2 is 2.30 bits per heavy atom. The number of piperidine rings is 1. The van der Waals surface area contributed by atoms with E-state index in [1.807, 2.05) is 10.7 Å². The van der Waals surface area contributed by atoms with Crippen LogP contribution in [0.2, 0.25) is 0 Å². The Labute approximate surface area is 117 Å². The number of hydrogen-bond donors (Lipinski definition) is 1. The number of ether oxygens (including phenoxy) is 1. The van der Waals surface area contributed by atoms with Crippen molar-refractivity contribution >= 4 is 5.78 Å². The highest BCUT2D eigenvalue weighted by molar-refractivity contribution is 5.30. The molecule has 2 aliphatic heterocycles. The highest BCUT2D eigenvalue weighted by Gasteiger charge is 2.24. The lowest BCUT2D eigenvalue weighted by Crippen LogP contribution is -2.29. The molecule has 0 saturated carbocycles. The summed E-state index contributed by atoms with van der Waals surface area (Å²) in [4.78, 5) is 8.89. The van der Waals surface area contributed by atoms with Gasteiger partial charge in [0.15, 0.2) is 5.82 Å². The fourth-order valence-electron chi connectivity index (χ4n) is 3.16. The Hall–Kier alpha value is -1.53. The van der Waals surface area contributed by atoms with Crippen molar-refractivity contribution in [2.75, 3.05) is 19.7 Å². The van der Waals surface area contributed by atoms with Crippen LogP contribution in [0.4, 0.5) is 0 Å². The van der Waals surface area contributed by atoms with Crippen LogP contribution in [-0.4, -0.2) is 39.3 Å². The van der Waals surface area contributed by atoms with Gasteiger partial charge >= 0.3 is 0 Å². The number of aromatic nitrogens is 4. The van der Waals surface area contributed by atoms with Crippen LogP contribution >= 0.6 is 0 Å². The normalized spacial score (nSPS) is 27.2. The van der Waals surface area contributed by atoms with Gasteiger partial charge < -0.3 is 10.1 Å². The van der Waals surface area contributed by atoms with Gasteiger partial charge in [-0.2, -0.15) is 4.98 Å². The summed E-state index contributed by atoms with van der Waals surface area (Å²) in [5.74, 6) is 1.97. The Kier molecular flexibility index (Phi) is 3.12. The summed E-state index contributed by atoms with van der Waals surface area (Å²) in [6, 6.07) is 2.07. The Morgan fingerprint density at radius 3 is 3.10 bits per heavy atom. The van der Waals surface area contributed by atoms with E-state index in [-0.39, 0.29) is 6.10 Å². The van der Waals surface area contributed by atoms with Crippen molar-refractivity contribution in [1.82, 2.24) is 24.9 Å². The van der Waals surface area contributed by atoms with E-state index < -0.39 is 0 Å².